The van der Waals surface area contributed by atoms with Crippen molar-refractivity contribution in [1.29, 1.82) is 0 Å². The van der Waals surface area contributed by atoms with Gasteiger partial charge in [-0.2, -0.15) is 0 Å². The maximum Gasteiger partial charge on any atom is 0.183 e. The first-order chi connectivity index (χ1) is 9.61. The summed E-state index contributed by atoms with van der Waals surface area (Å²) >= 11 is 6.78. The Morgan fingerprint density at radius 2 is 2.20 bits per heavy atom. The Bertz CT molecular complexity index is 525. The number of halogens is 2. The van der Waals surface area contributed by atoms with E-state index in [2.05, 4.69) is 41.7 Å². The number of nitrogens with two attached hydrogens (primary N) is 1. The topological polar surface area (TPSA) is 55.3 Å². The first-order valence-corrected chi connectivity index (χ1v) is 7.95. The lowest BCUT2D eigenvalue weighted by molar-refractivity contribution is 0.220. The maximum atomic E-state index is 5.89. The highest BCUT2D eigenvalue weighted by molar-refractivity contribution is 9.13. The van der Waals surface area contributed by atoms with E-state index >= 15 is 0 Å². The van der Waals surface area contributed by atoms with Gasteiger partial charge in [0, 0.05) is 31.4 Å². The van der Waals surface area contributed by atoms with E-state index in [1.165, 1.54) is 0 Å². The monoisotopic (exact) mass is 401 g/mol. The summed E-state index contributed by atoms with van der Waals surface area (Å²) in [5.41, 5.74) is 6.97. The number of furan rings is 1. The molecule has 2 aromatic rings. The average Bonchev–Trinajstić information content (AvgIpc) is 2.78. The normalized spacial score (nSPS) is 12.8. The van der Waals surface area contributed by atoms with Crippen LogP contribution in [0.15, 0.2) is 44.0 Å². The zero-order valence-electron chi connectivity index (χ0n) is 11.2. The van der Waals surface area contributed by atoms with Crippen molar-refractivity contribution in [2.24, 2.45) is 5.73 Å². The van der Waals surface area contributed by atoms with Crippen molar-refractivity contribution in [2.75, 3.05) is 20.1 Å². The number of nitrogens with zero attached hydrogens (tertiary/aromatic N) is 2. The predicted molar refractivity (Wildman–Crippen MR) is 86.5 cm³/mol. The lowest BCUT2D eigenvalue weighted by Crippen LogP contribution is -2.32. The molecule has 0 aliphatic rings. The summed E-state index contributed by atoms with van der Waals surface area (Å²) in [5.74, 6) is 0.856. The molecule has 0 spiro atoms. The molecular formula is C14H17Br2N3O. The Balaban J connectivity index is 2.00. The highest BCUT2D eigenvalue weighted by Gasteiger charge is 2.20. The molecule has 0 saturated carbocycles. The average molecular weight is 403 g/mol. The molecule has 0 aromatic carbocycles. The molecule has 2 N–H and O–H groups in total. The Labute approximate surface area is 135 Å². The van der Waals surface area contributed by atoms with E-state index in [1.807, 2.05) is 37.5 Å². The second-order valence-corrected chi connectivity index (χ2v) is 6.15. The van der Waals surface area contributed by atoms with Crippen LogP contribution in [0.1, 0.15) is 17.5 Å². The quantitative estimate of drug-likeness (QED) is 0.804. The van der Waals surface area contributed by atoms with Crippen LogP contribution in [-0.2, 0) is 6.42 Å². The van der Waals surface area contributed by atoms with Crippen LogP contribution in [0.2, 0.25) is 0 Å². The Morgan fingerprint density at radius 1 is 1.40 bits per heavy atom. The summed E-state index contributed by atoms with van der Waals surface area (Å²) in [7, 11) is 2.05. The molecule has 0 amide bonds. The third-order valence-electron chi connectivity index (χ3n) is 3.19. The summed E-state index contributed by atoms with van der Waals surface area (Å²) in [6.45, 7) is 1.37. The van der Waals surface area contributed by atoms with Gasteiger partial charge in [0.25, 0.3) is 0 Å². The van der Waals surface area contributed by atoms with Crippen LogP contribution in [-0.4, -0.2) is 30.0 Å². The molecule has 20 heavy (non-hydrogen) atoms. The molecule has 0 saturated heterocycles. The minimum Gasteiger partial charge on any atom is -0.451 e. The molecule has 0 aliphatic heterocycles. The molecule has 0 fully saturated rings. The van der Waals surface area contributed by atoms with Gasteiger partial charge in [0.15, 0.2) is 4.67 Å². The third-order valence-corrected chi connectivity index (χ3v) is 4.90. The second-order valence-electron chi connectivity index (χ2n) is 4.57. The second kappa shape index (κ2) is 7.36. The van der Waals surface area contributed by atoms with Gasteiger partial charge in [0.05, 0.1) is 10.5 Å². The van der Waals surface area contributed by atoms with Gasteiger partial charge in [-0.05, 0) is 57.1 Å². The Kier molecular flexibility index (Phi) is 5.77. The van der Waals surface area contributed by atoms with E-state index in [4.69, 9.17) is 10.2 Å². The fourth-order valence-electron chi connectivity index (χ4n) is 2.03. The van der Waals surface area contributed by atoms with Crippen molar-refractivity contribution < 1.29 is 4.42 Å². The van der Waals surface area contributed by atoms with Crippen molar-refractivity contribution >= 4 is 31.9 Å². The van der Waals surface area contributed by atoms with E-state index in [-0.39, 0.29) is 6.04 Å². The molecule has 1 unspecified atom stereocenters. The number of aromatic nitrogens is 1. The van der Waals surface area contributed by atoms with E-state index < -0.39 is 0 Å². The van der Waals surface area contributed by atoms with Crippen molar-refractivity contribution in [1.82, 2.24) is 9.88 Å². The highest BCUT2D eigenvalue weighted by atomic mass is 79.9. The van der Waals surface area contributed by atoms with Crippen LogP contribution in [0.5, 0.6) is 0 Å². The van der Waals surface area contributed by atoms with Crippen LogP contribution in [0.4, 0.5) is 0 Å². The lowest BCUT2D eigenvalue weighted by atomic mass is 10.2. The molecular weight excluding hydrogens is 386 g/mol. The molecule has 0 aliphatic carbocycles. The maximum absolute atomic E-state index is 5.89. The first-order valence-electron chi connectivity index (χ1n) is 6.36. The molecule has 0 radical (unpaired) electrons. The molecule has 4 nitrogen and oxygen atoms in total. The number of hydrogen-bond acceptors (Lipinski definition) is 4. The van der Waals surface area contributed by atoms with Crippen LogP contribution in [0, 0.1) is 0 Å². The van der Waals surface area contributed by atoms with Gasteiger partial charge in [0.2, 0.25) is 0 Å². The Hall–Kier alpha value is -0.690. The fraction of sp³-hybridized carbons (Fsp3) is 0.357. The standard InChI is InChI=1S/C14H17Br2N3O/c1-19(7-5-10-4-2-3-6-18-10)12(9-17)13-8-11(15)14(16)20-13/h2-4,6,8,12H,5,7,9,17H2,1H3. The van der Waals surface area contributed by atoms with Gasteiger partial charge in [-0.1, -0.05) is 6.07 Å². The SMILES string of the molecule is CN(CCc1ccccn1)C(CN)c1cc(Br)c(Br)o1. The molecule has 0 bridgehead atoms. The van der Waals surface area contributed by atoms with E-state index in [0.29, 0.717) is 11.2 Å². The largest absolute Gasteiger partial charge is 0.451 e. The molecule has 2 aromatic heterocycles. The number of rotatable bonds is 6. The van der Waals surface area contributed by atoms with Crippen molar-refractivity contribution in [2.45, 2.75) is 12.5 Å². The van der Waals surface area contributed by atoms with Gasteiger partial charge >= 0.3 is 0 Å². The smallest absolute Gasteiger partial charge is 0.183 e. The highest BCUT2D eigenvalue weighted by Crippen LogP contribution is 2.31. The summed E-state index contributed by atoms with van der Waals surface area (Å²) in [6, 6.07) is 7.97. The van der Waals surface area contributed by atoms with Crippen molar-refractivity contribution in [3.05, 3.63) is 51.1 Å². The number of pyridine rings is 1. The van der Waals surface area contributed by atoms with E-state index in [0.717, 1.165) is 28.9 Å². The van der Waals surface area contributed by atoms with E-state index in [1.54, 1.807) is 0 Å². The van der Waals surface area contributed by atoms with Crippen molar-refractivity contribution in [3.63, 3.8) is 0 Å². The summed E-state index contributed by atoms with van der Waals surface area (Å²) < 4.78 is 7.28. The first kappa shape index (κ1) is 15.7. The fourth-order valence-corrected chi connectivity index (χ4v) is 2.64. The van der Waals surface area contributed by atoms with Crippen molar-refractivity contribution in [3.8, 4) is 0 Å². The van der Waals surface area contributed by atoms with Gasteiger partial charge in [-0.25, -0.2) is 0 Å². The summed E-state index contributed by atoms with van der Waals surface area (Å²) in [4.78, 5) is 6.52. The molecule has 108 valence electrons. The van der Waals surface area contributed by atoms with Crippen LogP contribution in [0.25, 0.3) is 0 Å². The minimum atomic E-state index is 0.0568. The van der Waals surface area contributed by atoms with Gasteiger partial charge in [-0.15, -0.1) is 0 Å². The summed E-state index contributed by atoms with van der Waals surface area (Å²) in [6.07, 6.45) is 2.70. The predicted octanol–water partition coefficient (Wildman–Crippen LogP) is 3.37. The van der Waals surface area contributed by atoms with E-state index in [9.17, 15) is 0 Å². The number of hydrogen-bond donors (Lipinski definition) is 1. The zero-order chi connectivity index (χ0) is 14.5. The lowest BCUT2D eigenvalue weighted by Gasteiger charge is -2.25. The van der Waals surface area contributed by atoms with Crippen LogP contribution < -0.4 is 5.73 Å². The zero-order valence-corrected chi connectivity index (χ0v) is 14.4. The summed E-state index contributed by atoms with van der Waals surface area (Å²) in [5, 5.41) is 0. The molecule has 2 rings (SSSR count). The molecule has 2 heterocycles. The van der Waals surface area contributed by atoms with Crippen LogP contribution in [0.3, 0.4) is 0 Å². The van der Waals surface area contributed by atoms with Gasteiger partial charge in [0.1, 0.15) is 5.76 Å². The molecule has 1 atom stereocenters. The molecule has 6 heteroatoms. The van der Waals surface area contributed by atoms with Gasteiger partial charge in [-0.3, -0.25) is 9.88 Å². The minimum absolute atomic E-state index is 0.0568. The third kappa shape index (κ3) is 3.91. The Morgan fingerprint density at radius 3 is 2.75 bits per heavy atom. The van der Waals surface area contributed by atoms with Gasteiger partial charge < -0.3 is 10.2 Å². The van der Waals surface area contributed by atoms with Crippen LogP contribution >= 0.6 is 31.9 Å². The number of likely N-dealkylation sites (N-methyl/N-ethyl adjacent to an activating group) is 1.